The molecule has 3 aromatic heterocycles. The van der Waals surface area contributed by atoms with E-state index in [1.165, 1.54) is 11.1 Å². The Morgan fingerprint density at radius 2 is 1.77 bits per heavy atom. The fraction of sp³-hybridized carbons (Fsp3) is 0.217. The quantitative estimate of drug-likeness (QED) is 0.497. The first-order valence-electron chi connectivity index (χ1n) is 10.2. The number of nitrogens with one attached hydrogen (secondary N) is 1. The molecule has 2 unspecified atom stereocenters. The van der Waals surface area contributed by atoms with Crippen molar-refractivity contribution in [3.8, 4) is 0 Å². The average Bonchev–Trinajstić information content (AvgIpc) is 3.46. The van der Waals surface area contributed by atoms with E-state index in [0.29, 0.717) is 5.11 Å². The Bertz CT molecular complexity index is 1230. The van der Waals surface area contributed by atoms with Gasteiger partial charge < -0.3 is 10.2 Å². The van der Waals surface area contributed by atoms with Gasteiger partial charge in [0, 0.05) is 28.8 Å². The van der Waals surface area contributed by atoms with Crippen molar-refractivity contribution in [3.05, 3.63) is 95.6 Å². The molecule has 2 atom stereocenters. The standard InChI is InChI=1S/C23H23N7S/c1-15-7-6-8-18(11-15)29-22(21(27-23(29)31)20-9-4-5-10-24-20)19-12-16(2)30(17(19)3)28-13-25-26-14-28/h4-14,21-22H,1-3H3,(H,27,31). The lowest BCUT2D eigenvalue weighted by molar-refractivity contribution is 0.557. The molecule has 0 radical (unpaired) electrons. The highest BCUT2D eigenvalue weighted by Crippen LogP contribution is 2.43. The minimum Gasteiger partial charge on any atom is -0.351 e. The van der Waals surface area contributed by atoms with Gasteiger partial charge in [0.15, 0.2) is 5.11 Å². The summed E-state index contributed by atoms with van der Waals surface area (Å²) in [6.07, 6.45) is 5.23. The van der Waals surface area contributed by atoms with E-state index in [2.05, 4.69) is 81.2 Å². The molecule has 0 aliphatic carbocycles. The molecule has 4 aromatic rings. The largest absolute Gasteiger partial charge is 0.351 e. The molecule has 1 aromatic carbocycles. The predicted octanol–water partition coefficient (Wildman–Crippen LogP) is 3.89. The Morgan fingerprint density at radius 3 is 2.48 bits per heavy atom. The van der Waals surface area contributed by atoms with Crippen LogP contribution in [0.5, 0.6) is 0 Å². The van der Waals surface area contributed by atoms with Crippen LogP contribution in [-0.4, -0.2) is 29.6 Å². The first-order chi connectivity index (χ1) is 15.0. The lowest BCUT2D eigenvalue weighted by atomic mass is 9.96. The van der Waals surface area contributed by atoms with Gasteiger partial charge in [-0.15, -0.1) is 10.2 Å². The lowest BCUT2D eigenvalue weighted by Crippen LogP contribution is -2.29. The first kappa shape index (κ1) is 19.4. The minimum absolute atomic E-state index is 0.0550. The van der Waals surface area contributed by atoms with Crippen molar-refractivity contribution in [2.45, 2.75) is 32.9 Å². The van der Waals surface area contributed by atoms with E-state index in [9.17, 15) is 0 Å². The van der Waals surface area contributed by atoms with Crippen LogP contribution in [0.2, 0.25) is 0 Å². The molecule has 0 saturated carbocycles. The highest BCUT2D eigenvalue weighted by Gasteiger charge is 2.42. The second-order valence-corrected chi connectivity index (χ2v) is 8.20. The van der Waals surface area contributed by atoms with E-state index in [4.69, 9.17) is 12.2 Å². The zero-order chi connectivity index (χ0) is 21.5. The number of aryl methyl sites for hydroxylation is 2. The van der Waals surface area contributed by atoms with Crippen molar-refractivity contribution in [1.29, 1.82) is 0 Å². The van der Waals surface area contributed by atoms with E-state index in [-0.39, 0.29) is 12.1 Å². The van der Waals surface area contributed by atoms with Crippen LogP contribution in [0.3, 0.4) is 0 Å². The van der Waals surface area contributed by atoms with Gasteiger partial charge >= 0.3 is 0 Å². The molecule has 7 nitrogen and oxygen atoms in total. The van der Waals surface area contributed by atoms with Gasteiger partial charge in [0.05, 0.1) is 17.8 Å². The number of anilines is 1. The number of aromatic nitrogens is 5. The van der Waals surface area contributed by atoms with Gasteiger partial charge in [-0.2, -0.15) is 0 Å². The molecule has 156 valence electrons. The lowest BCUT2D eigenvalue weighted by Gasteiger charge is -2.28. The molecule has 1 N–H and O–H groups in total. The third-order valence-corrected chi connectivity index (χ3v) is 6.08. The van der Waals surface area contributed by atoms with Crippen LogP contribution in [0.4, 0.5) is 5.69 Å². The number of hydrogen-bond donors (Lipinski definition) is 1. The van der Waals surface area contributed by atoms with Gasteiger partial charge in [0.25, 0.3) is 0 Å². The van der Waals surface area contributed by atoms with Crippen molar-refractivity contribution in [2.75, 3.05) is 4.90 Å². The monoisotopic (exact) mass is 429 g/mol. The fourth-order valence-corrected chi connectivity index (χ4v) is 4.80. The Hall–Kier alpha value is -3.52. The van der Waals surface area contributed by atoms with E-state index in [1.807, 2.05) is 29.1 Å². The molecule has 1 fully saturated rings. The number of nitrogens with zero attached hydrogens (tertiary/aromatic N) is 6. The number of benzene rings is 1. The van der Waals surface area contributed by atoms with E-state index >= 15 is 0 Å². The van der Waals surface area contributed by atoms with Crippen LogP contribution in [0.25, 0.3) is 0 Å². The molecule has 4 heterocycles. The van der Waals surface area contributed by atoms with Crippen molar-refractivity contribution < 1.29 is 0 Å². The topological polar surface area (TPSA) is 63.8 Å². The van der Waals surface area contributed by atoms with Crippen molar-refractivity contribution in [2.24, 2.45) is 0 Å². The van der Waals surface area contributed by atoms with Crippen molar-refractivity contribution in [3.63, 3.8) is 0 Å². The molecular formula is C23H23N7S. The van der Waals surface area contributed by atoms with Gasteiger partial charge in [0.1, 0.15) is 12.7 Å². The molecule has 8 heteroatoms. The number of pyridine rings is 1. The third kappa shape index (κ3) is 3.29. The van der Waals surface area contributed by atoms with Crippen molar-refractivity contribution >= 4 is 23.0 Å². The maximum Gasteiger partial charge on any atom is 0.174 e. The molecule has 1 aliphatic heterocycles. The van der Waals surface area contributed by atoms with Crippen LogP contribution >= 0.6 is 12.2 Å². The average molecular weight is 430 g/mol. The van der Waals surface area contributed by atoms with Gasteiger partial charge in [-0.05, 0) is 68.9 Å². The summed E-state index contributed by atoms with van der Waals surface area (Å²) < 4.78 is 4.00. The maximum atomic E-state index is 5.84. The predicted molar refractivity (Wildman–Crippen MR) is 124 cm³/mol. The van der Waals surface area contributed by atoms with E-state index < -0.39 is 0 Å². The molecular weight excluding hydrogens is 406 g/mol. The smallest absolute Gasteiger partial charge is 0.174 e. The normalized spacial score (nSPS) is 18.4. The zero-order valence-electron chi connectivity index (χ0n) is 17.6. The molecule has 0 bridgehead atoms. The van der Waals surface area contributed by atoms with Crippen LogP contribution in [0.15, 0.2) is 67.4 Å². The van der Waals surface area contributed by atoms with Crippen LogP contribution in [0.1, 0.15) is 40.3 Å². The molecule has 5 rings (SSSR count). The molecule has 31 heavy (non-hydrogen) atoms. The molecule has 1 saturated heterocycles. The first-order valence-corrected chi connectivity index (χ1v) is 10.6. The Morgan fingerprint density at radius 1 is 0.968 bits per heavy atom. The molecule has 0 spiro atoms. The summed E-state index contributed by atoms with van der Waals surface area (Å²) in [5.41, 5.74) is 6.58. The van der Waals surface area contributed by atoms with Gasteiger partial charge in [-0.1, -0.05) is 18.2 Å². The van der Waals surface area contributed by atoms with Gasteiger partial charge in [0.2, 0.25) is 0 Å². The van der Waals surface area contributed by atoms with Gasteiger partial charge in [-0.25, -0.2) is 4.68 Å². The second-order valence-electron chi connectivity index (χ2n) is 7.82. The highest BCUT2D eigenvalue weighted by molar-refractivity contribution is 7.80. The highest BCUT2D eigenvalue weighted by atomic mass is 32.1. The number of hydrogen-bond acceptors (Lipinski definition) is 4. The van der Waals surface area contributed by atoms with Crippen molar-refractivity contribution in [1.82, 2.24) is 29.9 Å². The Balaban J connectivity index is 1.69. The van der Waals surface area contributed by atoms with E-state index in [0.717, 1.165) is 22.8 Å². The number of rotatable bonds is 4. The fourth-order valence-electron chi connectivity index (χ4n) is 4.46. The van der Waals surface area contributed by atoms with Crippen LogP contribution in [-0.2, 0) is 0 Å². The SMILES string of the molecule is Cc1cccc(N2C(=S)NC(c3ccccn3)C2c2cc(C)n(-n3cnnc3)c2C)c1. The maximum absolute atomic E-state index is 5.84. The van der Waals surface area contributed by atoms with Crippen LogP contribution in [0, 0.1) is 20.8 Å². The summed E-state index contributed by atoms with van der Waals surface area (Å²) >= 11 is 5.84. The second kappa shape index (κ2) is 7.63. The van der Waals surface area contributed by atoms with E-state index in [1.54, 1.807) is 12.7 Å². The Labute approximate surface area is 186 Å². The number of thiocarbonyl (C=S) groups is 1. The summed E-state index contributed by atoms with van der Waals surface area (Å²) in [7, 11) is 0. The van der Waals surface area contributed by atoms with Gasteiger partial charge in [-0.3, -0.25) is 9.66 Å². The summed E-state index contributed by atoms with van der Waals surface area (Å²) in [5.74, 6) is 0. The minimum atomic E-state index is -0.0796. The molecule has 0 amide bonds. The summed E-state index contributed by atoms with van der Waals surface area (Å²) in [4.78, 5) is 6.85. The summed E-state index contributed by atoms with van der Waals surface area (Å²) in [5, 5.41) is 12.2. The Kier molecular flexibility index (Phi) is 4.78. The van der Waals surface area contributed by atoms with Crippen LogP contribution < -0.4 is 10.2 Å². The summed E-state index contributed by atoms with van der Waals surface area (Å²) in [6, 6.07) is 16.5. The molecule has 1 aliphatic rings. The summed E-state index contributed by atoms with van der Waals surface area (Å²) in [6.45, 7) is 6.30. The zero-order valence-corrected chi connectivity index (χ0v) is 18.4. The third-order valence-electron chi connectivity index (χ3n) is 5.77.